The third kappa shape index (κ3) is 2.84. The summed E-state index contributed by atoms with van der Waals surface area (Å²) in [5, 5.41) is 6.53. The third-order valence-corrected chi connectivity index (χ3v) is 3.12. The van der Waals surface area contributed by atoms with Gasteiger partial charge >= 0.3 is 0 Å². The first-order valence-corrected chi connectivity index (χ1v) is 6.48. The first kappa shape index (κ1) is 12.9. The minimum atomic E-state index is -0.00401. The van der Waals surface area contributed by atoms with Crippen molar-refractivity contribution in [1.29, 1.82) is 0 Å². The first-order chi connectivity index (χ1) is 8.72. The molecular weight excluding hydrogens is 244 g/mol. The topological polar surface area (TPSA) is 34.0 Å². The quantitative estimate of drug-likeness (QED) is 0.614. The van der Waals surface area contributed by atoms with E-state index in [4.69, 9.17) is 4.84 Å². The van der Waals surface area contributed by atoms with Crippen molar-refractivity contribution in [1.82, 2.24) is 0 Å². The Morgan fingerprint density at radius 2 is 2.28 bits per heavy atom. The van der Waals surface area contributed by atoms with Crippen molar-refractivity contribution in [2.75, 3.05) is 6.54 Å². The van der Waals surface area contributed by atoms with E-state index in [9.17, 15) is 0 Å². The Labute approximate surface area is 113 Å². The fourth-order valence-electron chi connectivity index (χ4n) is 2.09. The van der Waals surface area contributed by atoms with E-state index < -0.39 is 0 Å². The van der Waals surface area contributed by atoms with Gasteiger partial charge in [0.15, 0.2) is 6.10 Å². The summed E-state index contributed by atoms with van der Waals surface area (Å²) >= 11 is 4.55. The van der Waals surface area contributed by atoms with Crippen LogP contribution in [0.2, 0.25) is 0 Å². The Balaban J connectivity index is 2.16. The highest BCUT2D eigenvalue weighted by molar-refractivity contribution is 7.78. The van der Waals surface area contributed by atoms with Crippen LogP contribution in [0, 0.1) is 0 Å². The monoisotopic (exact) mass is 260 g/mol. The molecule has 94 valence electrons. The summed E-state index contributed by atoms with van der Waals surface area (Å²) in [6, 6.07) is 8.34. The van der Waals surface area contributed by atoms with Gasteiger partial charge in [-0.25, -0.2) is 4.99 Å². The maximum atomic E-state index is 5.36. The second-order valence-corrected chi connectivity index (χ2v) is 4.83. The van der Waals surface area contributed by atoms with Crippen molar-refractivity contribution in [3.63, 3.8) is 0 Å². The predicted molar refractivity (Wildman–Crippen MR) is 76.5 cm³/mol. The van der Waals surface area contributed by atoms with Gasteiger partial charge in [-0.1, -0.05) is 43.3 Å². The molecule has 1 heterocycles. The lowest BCUT2D eigenvalue weighted by atomic mass is 9.93. The van der Waals surface area contributed by atoms with Crippen molar-refractivity contribution in [3.8, 4) is 0 Å². The zero-order valence-electron chi connectivity index (χ0n) is 10.6. The second-order valence-electron chi connectivity index (χ2n) is 4.64. The molecule has 1 aromatic carbocycles. The van der Waals surface area contributed by atoms with Gasteiger partial charge in [-0.05, 0) is 23.7 Å². The highest BCUT2D eigenvalue weighted by atomic mass is 32.1. The Bertz CT molecular complexity index is 504. The summed E-state index contributed by atoms with van der Waals surface area (Å²) in [6.45, 7) is 4.90. The van der Waals surface area contributed by atoms with E-state index in [1.807, 2.05) is 6.07 Å². The molecule has 3 nitrogen and oxygen atoms in total. The lowest BCUT2D eigenvalue weighted by Crippen LogP contribution is -2.13. The molecule has 1 unspecified atom stereocenters. The normalized spacial score (nSPS) is 18.2. The average molecular weight is 260 g/mol. The standard InChI is InChI=1S/C14H16N2OS/c1-10(2)12-5-3-4-6-13(12)14-7-11(17-16-14)8-15-9-18/h3-6,10-11H,7-8H2,1-2H3. The van der Waals surface area contributed by atoms with Gasteiger partial charge in [0.1, 0.15) is 0 Å². The molecule has 1 aromatic rings. The molecular formula is C14H16N2OS. The van der Waals surface area contributed by atoms with E-state index in [-0.39, 0.29) is 6.10 Å². The van der Waals surface area contributed by atoms with Gasteiger partial charge in [0.2, 0.25) is 0 Å². The second kappa shape index (κ2) is 5.89. The third-order valence-electron chi connectivity index (χ3n) is 2.99. The van der Waals surface area contributed by atoms with Crippen molar-refractivity contribution in [3.05, 3.63) is 35.4 Å². The Morgan fingerprint density at radius 1 is 1.50 bits per heavy atom. The van der Waals surface area contributed by atoms with Crippen LogP contribution in [0.4, 0.5) is 0 Å². The summed E-state index contributed by atoms with van der Waals surface area (Å²) in [5.41, 5.74) is 3.49. The molecule has 0 saturated carbocycles. The number of aliphatic imine (C=N–C) groups is 1. The SMILES string of the molecule is CC(C)c1ccccc1C1=NOC(CN=C=S)C1. The molecule has 18 heavy (non-hydrogen) atoms. The van der Waals surface area contributed by atoms with Crippen LogP contribution in [0.15, 0.2) is 34.4 Å². The number of rotatable bonds is 4. The van der Waals surface area contributed by atoms with Crippen molar-refractivity contribution >= 4 is 23.1 Å². The van der Waals surface area contributed by atoms with Gasteiger partial charge in [0, 0.05) is 12.0 Å². The Morgan fingerprint density at radius 3 is 3.00 bits per heavy atom. The molecule has 0 fully saturated rings. The van der Waals surface area contributed by atoms with E-state index >= 15 is 0 Å². The fourth-order valence-corrected chi connectivity index (χ4v) is 2.16. The summed E-state index contributed by atoms with van der Waals surface area (Å²) in [4.78, 5) is 9.27. The summed E-state index contributed by atoms with van der Waals surface area (Å²) in [7, 11) is 0. The Kier molecular flexibility index (Phi) is 4.24. The maximum absolute atomic E-state index is 5.36. The van der Waals surface area contributed by atoms with E-state index in [1.54, 1.807) is 0 Å². The molecule has 2 rings (SSSR count). The minimum absolute atomic E-state index is 0.00401. The number of isothiocyanates is 1. The van der Waals surface area contributed by atoms with Crippen molar-refractivity contribution < 1.29 is 4.84 Å². The molecule has 0 aromatic heterocycles. The number of hydrogen-bond donors (Lipinski definition) is 0. The van der Waals surface area contributed by atoms with E-state index in [2.05, 4.69) is 59.6 Å². The molecule has 4 heteroatoms. The maximum Gasteiger partial charge on any atom is 0.153 e. The van der Waals surface area contributed by atoms with Gasteiger partial charge in [-0.3, -0.25) is 0 Å². The van der Waals surface area contributed by atoms with Gasteiger partial charge in [0.25, 0.3) is 0 Å². The van der Waals surface area contributed by atoms with Crippen LogP contribution in [-0.2, 0) is 4.84 Å². The van der Waals surface area contributed by atoms with Gasteiger partial charge in [-0.2, -0.15) is 0 Å². The van der Waals surface area contributed by atoms with Crippen LogP contribution in [-0.4, -0.2) is 23.5 Å². The van der Waals surface area contributed by atoms with E-state index in [0.29, 0.717) is 12.5 Å². The smallest absolute Gasteiger partial charge is 0.153 e. The van der Waals surface area contributed by atoms with Crippen molar-refractivity contribution in [2.45, 2.75) is 32.3 Å². The zero-order chi connectivity index (χ0) is 13.0. The molecule has 0 radical (unpaired) electrons. The highest BCUT2D eigenvalue weighted by Crippen LogP contribution is 2.24. The molecule has 1 atom stereocenters. The molecule has 0 saturated heterocycles. The first-order valence-electron chi connectivity index (χ1n) is 6.08. The predicted octanol–water partition coefficient (Wildman–Crippen LogP) is 3.41. The van der Waals surface area contributed by atoms with Crippen LogP contribution >= 0.6 is 12.2 Å². The summed E-state index contributed by atoms with van der Waals surface area (Å²) in [5.74, 6) is 0.474. The number of thiocarbonyl (C=S) groups is 1. The largest absolute Gasteiger partial charge is 0.390 e. The van der Waals surface area contributed by atoms with E-state index in [0.717, 1.165) is 12.1 Å². The number of oxime groups is 1. The van der Waals surface area contributed by atoms with Gasteiger partial charge in [0.05, 0.1) is 17.4 Å². The van der Waals surface area contributed by atoms with Gasteiger partial charge < -0.3 is 4.84 Å². The van der Waals surface area contributed by atoms with Gasteiger partial charge in [-0.15, -0.1) is 0 Å². The Hall–Kier alpha value is -1.51. The van der Waals surface area contributed by atoms with Crippen molar-refractivity contribution in [2.24, 2.45) is 10.1 Å². The molecule has 1 aliphatic rings. The van der Waals surface area contributed by atoms with E-state index in [1.165, 1.54) is 11.1 Å². The number of benzene rings is 1. The molecule has 0 amide bonds. The molecule has 0 N–H and O–H groups in total. The number of hydrogen-bond acceptors (Lipinski definition) is 4. The number of nitrogens with zero attached hydrogens (tertiary/aromatic N) is 2. The molecule has 0 bridgehead atoms. The van der Waals surface area contributed by atoms with Crippen LogP contribution < -0.4 is 0 Å². The summed E-state index contributed by atoms with van der Waals surface area (Å²) < 4.78 is 0. The van der Waals surface area contributed by atoms with Crippen LogP contribution in [0.5, 0.6) is 0 Å². The molecule has 0 spiro atoms. The minimum Gasteiger partial charge on any atom is -0.390 e. The summed E-state index contributed by atoms with van der Waals surface area (Å²) in [6.07, 6.45) is 0.778. The molecule has 1 aliphatic heterocycles. The van der Waals surface area contributed by atoms with Crippen LogP contribution in [0.25, 0.3) is 0 Å². The van der Waals surface area contributed by atoms with Crippen LogP contribution in [0.1, 0.15) is 37.3 Å². The average Bonchev–Trinajstić information content (AvgIpc) is 2.85. The lowest BCUT2D eigenvalue weighted by molar-refractivity contribution is 0.0924. The molecule has 0 aliphatic carbocycles. The zero-order valence-corrected chi connectivity index (χ0v) is 11.4. The van der Waals surface area contributed by atoms with Crippen LogP contribution in [0.3, 0.4) is 0 Å². The lowest BCUT2D eigenvalue weighted by Gasteiger charge is -2.11. The highest BCUT2D eigenvalue weighted by Gasteiger charge is 2.23. The fraction of sp³-hybridized carbons (Fsp3) is 0.429.